The van der Waals surface area contributed by atoms with Gasteiger partial charge in [-0.25, -0.2) is 4.98 Å². The Morgan fingerprint density at radius 2 is 2.13 bits per heavy atom. The monoisotopic (exact) mass is 203 g/mol. The van der Waals surface area contributed by atoms with Gasteiger partial charge in [0.15, 0.2) is 0 Å². The third-order valence-corrected chi connectivity index (χ3v) is 2.10. The largest absolute Gasteiger partial charge is 0.481 e. The van der Waals surface area contributed by atoms with Crippen molar-refractivity contribution in [3.05, 3.63) is 48.4 Å². The predicted octanol–water partition coefficient (Wildman–Crippen LogP) is 1.64. The Hall–Kier alpha value is -1.97. The Bertz CT molecular complexity index is 412. The van der Waals surface area contributed by atoms with Gasteiger partial charge in [-0.15, -0.1) is 0 Å². The zero-order valence-corrected chi connectivity index (χ0v) is 8.55. The quantitative estimate of drug-likeness (QED) is 0.821. The van der Waals surface area contributed by atoms with Crippen LogP contribution in [0.15, 0.2) is 42.9 Å². The number of ether oxygens (including phenoxy) is 1. The first-order chi connectivity index (χ1) is 7.40. The minimum atomic E-state index is 0.664. The molecule has 0 aliphatic carbocycles. The van der Waals surface area contributed by atoms with E-state index in [-0.39, 0.29) is 0 Å². The van der Waals surface area contributed by atoms with Crippen LogP contribution in [-0.4, -0.2) is 16.8 Å². The second-order valence-electron chi connectivity index (χ2n) is 3.10. The average molecular weight is 203 g/mol. The van der Waals surface area contributed by atoms with Gasteiger partial charge < -0.3 is 10.2 Å². The fourth-order valence-electron chi connectivity index (χ4n) is 1.36. The molecule has 0 fully saturated rings. The molecule has 0 atom stereocenters. The Balaban J connectivity index is 2.04. The first kappa shape index (κ1) is 9.58. The standard InChI is InChI=1S/C11H13N3O/c1-15-11-10(5-4-6-12-11)9-13-14-7-2-3-8-14/h2-8,13H,9H2,1H3. The summed E-state index contributed by atoms with van der Waals surface area (Å²) in [7, 11) is 1.63. The van der Waals surface area contributed by atoms with E-state index in [4.69, 9.17) is 4.74 Å². The summed E-state index contributed by atoms with van der Waals surface area (Å²) in [5, 5.41) is 0. The van der Waals surface area contributed by atoms with Crippen molar-refractivity contribution < 1.29 is 4.74 Å². The van der Waals surface area contributed by atoms with Gasteiger partial charge >= 0.3 is 0 Å². The van der Waals surface area contributed by atoms with Crippen molar-refractivity contribution in [2.75, 3.05) is 12.5 Å². The number of nitrogens with one attached hydrogen (secondary N) is 1. The number of hydrogen-bond acceptors (Lipinski definition) is 3. The van der Waals surface area contributed by atoms with Gasteiger partial charge in [0.1, 0.15) is 0 Å². The zero-order valence-electron chi connectivity index (χ0n) is 8.55. The molecule has 0 bridgehead atoms. The molecule has 2 aromatic rings. The van der Waals surface area contributed by atoms with E-state index in [9.17, 15) is 0 Å². The Morgan fingerprint density at radius 1 is 1.33 bits per heavy atom. The lowest BCUT2D eigenvalue weighted by Crippen LogP contribution is -2.12. The Labute approximate surface area is 88.5 Å². The molecule has 0 saturated carbocycles. The summed E-state index contributed by atoms with van der Waals surface area (Å²) >= 11 is 0. The molecule has 2 rings (SSSR count). The highest BCUT2D eigenvalue weighted by Crippen LogP contribution is 2.13. The molecule has 0 unspecified atom stereocenters. The van der Waals surface area contributed by atoms with Crippen LogP contribution in [0.4, 0.5) is 0 Å². The van der Waals surface area contributed by atoms with E-state index in [1.807, 2.05) is 41.3 Å². The van der Waals surface area contributed by atoms with Crippen molar-refractivity contribution in [2.24, 2.45) is 0 Å². The van der Waals surface area contributed by atoms with Gasteiger partial charge in [-0.1, -0.05) is 6.07 Å². The summed E-state index contributed by atoms with van der Waals surface area (Å²) in [6.07, 6.45) is 5.61. The summed E-state index contributed by atoms with van der Waals surface area (Å²) < 4.78 is 7.05. The molecule has 1 N–H and O–H groups in total. The molecule has 2 heterocycles. The van der Waals surface area contributed by atoms with Crippen molar-refractivity contribution >= 4 is 0 Å². The SMILES string of the molecule is COc1ncccc1CNn1cccc1. The lowest BCUT2D eigenvalue weighted by atomic mass is 10.3. The minimum Gasteiger partial charge on any atom is -0.481 e. The smallest absolute Gasteiger partial charge is 0.218 e. The van der Waals surface area contributed by atoms with Gasteiger partial charge in [0.2, 0.25) is 5.88 Å². The highest BCUT2D eigenvalue weighted by atomic mass is 16.5. The van der Waals surface area contributed by atoms with Crippen LogP contribution >= 0.6 is 0 Å². The van der Waals surface area contributed by atoms with Gasteiger partial charge in [0, 0.05) is 24.2 Å². The maximum Gasteiger partial charge on any atom is 0.218 e. The topological polar surface area (TPSA) is 39.1 Å². The average Bonchev–Trinajstić information content (AvgIpc) is 2.79. The molecule has 15 heavy (non-hydrogen) atoms. The van der Waals surface area contributed by atoms with Gasteiger partial charge in [-0.05, 0) is 18.2 Å². The van der Waals surface area contributed by atoms with Crippen LogP contribution in [0.3, 0.4) is 0 Å². The van der Waals surface area contributed by atoms with Crippen molar-refractivity contribution in [2.45, 2.75) is 6.54 Å². The maximum atomic E-state index is 5.15. The third kappa shape index (κ3) is 2.28. The van der Waals surface area contributed by atoms with Gasteiger partial charge in [-0.2, -0.15) is 0 Å². The summed E-state index contributed by atoms with van der Waals surface area (Å²) in [6.45, 7) is 0.686. The van der Waals surface area contributed by atoms with Crippen LogP contribution in [0.25, 0.3) is 0 Å². The summed E-state index contributed by atoms with van der Waals surface area (Å²) in [5.41, 5.74) is 4.25. The molecule has 0 aromatic carbocycles. The molecular formula is C11H13N3O. The van der Waals surface area contributed by atoms with Crippen molar-refractivity contribution in [1.29, 1.82) is 0 Å². The lowest BCUT2D eigenvalue weighted by molar-refractivity contribution is 0.392. The van der Waals surface area contributed by atoms with E-state index in [0.717, 1.165) is 5.56 Å². The Kier molecular flexibility index (Phi) is 2.88. The minimum absolute atomic E-state index is 0.664. The van der Waals surface area contributed by atoms with Crippen LogP contribution < -0.4 is 10.2 Å². The van der Waals surface area contributed by atoms with E-state index in [0.29, 0.717) is 12.4 Å². The van der Waals surface area contributed by atoms with Crippen molar-refractivity contribution in [3.8, 4) is 5.88 Å². The second-order valence-corrected chi connectivity index (χ2v) is 3.10. The van der Waals surface area contributed by atoms with E-state index in [1.54, 1.807) is 13.3 Å². The van der Waals surface area contributed by atoms with Crippen LogP contribution in [0.1, 0.15) is 5.56 Å². The molecule has 0 saturated heterocycles. The first-order valence-electron chi connectivity index (χ1n) is 4.75. The van der Waals surface area contributed by atoms with Crippen LogP contribution in [0.5, 0.6) is 5.88 Å². The summed E-state index contributed by atoms with van der Waals surface area (Å²) in [6, 6.07) is 7.82. The van der Waals surface area contributed by atoms with Gasteiger partial charge in [-0.3, -0.25) is 4.68 Å². The van der Waals surface area contributed by atoms with Gasteiger partial charge in [0.05, 0.1) is 13.7 Å². The van der Waals surface area contributed by atoms with E-state index < -0.39 is 0 Å². The lowest BCUT2D eigenvalue weighted by Gasteiger charge is -2.09. The molecule has 4 nitrogen and oxygen atoms in total. The van der Waals surface area contributed by atoms with Crippen molar-refractivity contribution in [3.63, 3.8) is 0 Å². The molecular weight excluding hydrogens is 190 g/mol. The van der Waals surface area contributed by atoms with Crippen LogP contribution in [0.2, 0.25) is 0 Å². The van der Waals surface area contributed by atoms with Crippen LogP contribution in [0, 0.1) is 0 Å². The molecule has 2 aromatic heterocycles. The molecule has 0 aliphatic heterocycles. The first-order valence-corrected chi connectivity index (χ1v) is 4.75. The van der Waals surface area contributed by atoms with Crippen LogP contribution in [-0.2, 0) is 6.54 Å². The summed E-state index contributed by atoms with van der Waals surface area (Å²) in [5.74, 6) is 0.664. The molecule has 0 radical (unpaired) electrons. The highest BCUT2D eigenvalue weighted by molar-refractivity contribution is 5.26. The molecule has 4 heteroatoms. The predicted molar refractivity (Wildman–Crippen MR) is 58.3 cm³/mol. The number of nitrogens with zero attached hydrogens (tertiary/aromatic N) is 2. The van der Waals surface area contributed by atoms with Crippen molar-refractivity contribution in [1.82, 2.24) is 9.66 Å². The van der Waals surface area contributed by atoms with Gasteiger partial charge in [0.25, 0.3) is 0 Å². The highest BCUT2D eigenvalue weighted by Gasteiger charge is 2.01. The normalized spacial score (nSPS) is 9.93. The fraction of sp³-hybridized carbons (Fsp3) is 0.182. The molecule has 0 aliphatic rings. The van der Waals surface area contributed by atoms with E-state index >= 15 is 0 Å². The maximum absolute atomic E-state index is 5.15. The zero-order chi connectivity index (χ0) is 10.5. The van der Waals surface area contributed by atoms with E-state index in [1.165, 1.54) is 0 Å². The summed E-state index contributed by atoms with van der Waals surface area (Å²) in [4.78, 5) is 4.13. The van der Waals surface area contributed by atoms with E-state index in [2.05, 4.69) is 10.4 Å². The number of rotatable bonds is 4. The molecule has 0 spiro atoms. The Morgan fingerprint density at radius 3 is 2.87 bits per heavy atom. The third-order valence-electron chi connectivity index (χ3n) is 2.10. The number of methoxy groups -OCH3 is 1. The number of pyridine rings is 1. The number of hydrogen-bond donors (Lipinski definition) is 1. The molecule has 0 amide bonds. The second kappa shape index (κ2) is 4.50. The number of aromatic nitrogens is 2. The fourth-order valence-corrected chi connectivity index (χ4v) is 1.36. The molecule has 78 valence electrons.